The van der Waals surface area contributed by atoms with Gasteiger partial charge in [-0.05, 0) is 19.4 Å². The van der Waals surface area contributed by atoms with Gasteiger partial charge in [-0.1, -0.05) is 30.3 Å². The normalized spacial score (nSPS) is 18.3. The van der Waals surface area contributed by atoms with Gasteiger partial charge in [0.15, 0.2) is 5.78 Å². The van der Waals surface area contributed by atoms with E-state index in [1.807, 2.05) is 13.0 Å². The average Bonchev–Trinajstić information content (AvgIpc) is 2.55. The SMILES string of the molecule is CC(=O)c1cnc(N2CCNC(c3ccccc3)C2)nc1C. The lowest BCUT2D eigenvalue weighted by Crippen LogP contribution is -2.46. The third-order valence-electron chi connectivity index (χ3n) is 4.01. The lowest BCUT2D eigenvalue weighted by atomic mass is 10.0. The molecule has 1 aliphatic rings. The van der Waals surface area contributed by atoms with E-state index in [0.717, 1.165) is 25.3 Å². The van der Waals surface area contributed by atoms with Gasteiger partial charge in [-0.15, -0.1) is 0 Å². The van der Waals surface area contributed by atoms with Crippen LogP contribution in [-0.4, -0.2) is 35.4 Å². The van der Waals surface area contributed by atoms with Crippen molar-refractivity contribution in [2.75, 3.05) is 24.5 Å². The lowest BCUT2D eigenvalue weighted by molar-refractivity contribution is 0.101. The number of benzene rings is 1. The molecule has 22 heavy (non-hydrogen) atoms. The first kappa shape index (κ1) is 14.7. The standard InChI is InChI=1S/C17H20N4O/c1-12-15(13(2)22)10-19-17(20-12)21-9-8-18-16(11-21)14-6-4-3-5-7-14/h3-7,10,16,18H,8-9,11H2,1-2H3. The quantitative estimate of drug-likeness (QED) is 0.879. The van der Waals surface area contributed by atoms with Gasteiger partial charge in [-0.2, -0.15) is 0 Å². The maximum Gasteiger partial charge on any atom is 0.225 e. The van der Waals surface area contributed by atoms with E-state index in [4.69, 9.17) is 0 Å². The summed E-state index contributed by atoms with van der Waals surface area (Å²) in [6.07, 6.45) is 1.64. The van der Waals surface area contributed by atoms with Crippen molar-refractivity contribution in [1.29, 1.82) is 0 Å². The molecule has 1 unspecified atom stereocenters. The zero-order chi connectivity index (χ0) is 15.5. The minimum absolute atomic E-state index is 0.00604. The van der Waals surface area contributed by atoms with Crippen LogP contribution in [-0.2, 0) is 0 Å². The molecular formula is C17H20N4O. The summed E-state index contributed by atoms with van der Waals surface area (Å²) < 4.78 is 0. The van der Waals surface area contributed by atoms with Crippen LogP contribution in [0.2, 0.25) is 0 Å². The van der Waals surface area contributed by atoms with Crippen LogP contribution in [0, 0.1) is 6.92 Å². The number of rotatable bonds is 3. The Balaban J connectivity index is 1.80. The number of hydrogen-bond donors (Lipinski definition) is 1. The van der Waals surface area contributed by atoms with Crippen molar-refractivity contribution in [2.45, 2.75) is 19.9 Å². The van der Waals surface area contributed by atoms with Crippen LogP contribution in [0.25, 0.3) is 0 Å². The summed E-state index contributed by atoms with van der Waals surface area (Å²) in [5.41, 5.74) is 2.61. The Hall–Kier alpha value is -2.27. The molecule has 1 aromatic carbocycles. The second-order valence-corrected chi connectivity index (χ2v) is 5.59. The van der Waals surface area contributed by atoms with Gasteiger partial charge in [-0.25, -0.2) is 9.97 Å². The Kier molecular flexibility index (Phi) is 4.15. The fourth-order valence-corrected chi connectivity index (χ4v) is 2.79. The summed E-state index contributed by atoms with van der Waals surface area (Å²) in [7, 11) is 0. The van der Waals surface area contributed by atoms with Gasteiger partial charge in [0, 0.05) is 31.9 Å². The molecular weight excluding hydrogens is 276 g/mol. The van der Waals surface area contributed by atoms with Crippen molar-refractivity contribution >= 4 is 11.7 Å². The zero-order valence-corrected chi connectivity index (χ0v) is 12.9. The maximum absolute atomic E-state index is 11.5. The highest BCUT2D eigenvalue weighted by molar-refractivity contribution is 5.94. The number of hydrogen-bond acceptors (Lipinski definition) is 5. The molecule has 0 bridgehead atoms. The molecule has 1 saturated heterocycles. The van der Waals surface area contributed by atoms with Crippen molar-refractivity contribution in [1.82, 2.24) is 15.3 Å². The summed E-state index contributed by atoms with van der Waals surface area (Å²) in [5, 5.41) is 3.53. The van der Waals surface area contributed by atoms with Crippen molar-refractivity contribution in [3.8, 4) is 0 Å². The minimum atomic E-state index is 0.00604. The molecule has 1 aromatic heterocycles. The van der Waals surface area contributed by atoms with Gasteiger partial charge in [0.25, 0.3) is 0 Å². The zero-order valence-electron chi connectivity index (χ0n) is 12.9. The number of piperazine rings is 1. The molecule has 1 aliphatic heterocycles. The highest BCUT2D eigenvalue weighted by Gasteiger charge is 2.23. The average molecular weight is 296 g/mol. The largest absolute Gasteiger partial charge is 0.338 e. The van der Waals surface area contributed by atoms with Gasteiger partial charge in [0.2, 0.25) is 5.95 Å². The second-order valence-electron chi connectivity index (χ2n) is 5.59. The topological polar surface area (TPSA) is 58.1 Å². The predicted octanol–water partition coefficient (Wildman–Crippen LogP) is 2.14. The molecule has 1 atom stereocenters. The molecule has 0 amide bonds. The van der Waals surface area contributed by atoms with Gasteiger partial charge in [-0.3, -0.25) is 4.79 Å². The summed E-state index contributed by atoms with van der Waals surface area (Å²) in [6.45, 7) is 5.97. The molecule has 0 saturated carbocycles. The molecule has 5 nitrogen and oxygen atoms in total. The highest BCUT2D eigenvalue weighted by atomic mass is 16.1. The molecule has 1 fully saturated rings. The molecule has 1 N–H and O–H groups in total. The number of Topliss-reactive ketones (excluding diaryl/α,β-unsaturated/α-hetero) is 1. The third kappa shape index (κ3) is 2.99. The fourth-order valence-electron chi connectivity index (χ4n) is 2.79. The van der Waals surface area contributed by atoms with Crippen molar-refractivity contribution in [3.05, 3.63) is 53.3 Å². The number of carbonyl (C=O) groups is 1. The fraction of sp³-hybridized carbons (Fsp3) is 0.353. The lowest BCUT2D eigenvalue weighted by Gasteiger charge is -2.34. The minimum Gasteiger partial charge on any atom is -0.338 e. The number of aromatic nitrogens is 2. The van der Waals surface area contributed by atoms with E-state index in [1.165, 1.54) is 5.56 Å². The highest BCUT2D eigenvalue weighted by Crippen LogP contribution is 2.20. The van der Waals surface area contributed by atoms with Crippen molar-refractivity contribution < 1.29 is 4.79 Å². The van der Waals surface area contributed by atoms with Crippen LogP contribution in [0.4, 0.5) is 5.95 Å². The molecule has 2 aromatic rings. The molecule has 5 heteroatoms. The predicted molar refractivity (Wildman–Crippen MR) is 86.2 cm³/mol. The third-order valence-corrected chi connectivity index (χ3v) is 4.01. The first-order valence-corrected chi connectivity index (χ1v) is 7.53. The smallest absolute Gasteiger partial charge is 0.225 e. The first-order valence-electron chi connectivity index (χ1n) is 7.53. The number of aryl methyl sites for hydroxylation is 1. The number of anilines is 1. The van der Waals surface area contributed by atoms with E-state index in [1.54, 1.807) is 13.1 Å². The van der Waals surface area contributed by atoms with Crippen molar-refractivity contribution in [3.63, 3.8) is 0 Å². The molecule has 0 radical (unpaired) electrons. The number of ketones is 1. The number of carbonyl (C=O) groups excluding carboxylic acids is 1. The maximum atomic E-state index is 11.5. The molecule has 0 spiro atoms. The molecule has 114 valence electrons. The number of nitrogens with zero attached hydrogens (tertiary/aromatic N) is 3. The molecule has 3 rings (SSSR count). The molecule has 2 heterocycles. The van der Waals surface area contributed by atoms with E-state index < -0.39 is 0 Å². The van der Waals surface area contributed by atoms with Gasteiger partial charge >= 0.3 is 0 Å². The summed E-state index contributed by atoms with van der Waals surface area (Å²) >= 11 is 0. The summed E-state index contributed by atoms with van der Waals surface area (Å²) in [6, 6.07) is 10.7. The van der Waals surface area contributed by atoms with Gasteiger partial charge in [0.1, 0.15) is 0 Å². The Bertz CT molecular complexity index is 672. The van der Waals surface area contributed by atoms with Gasteiger partial charge < -0.3 is 10.2 Å². The van der Waals surface area contributed by atoms with Crippen LogP contribution in [0.3, 0.4) is 0 Å². The Morgan fingerprint density at radius 1 is 1.32 bits per heavy atom. The Morgan fingerprint density at radius 3 is 2.77 bits per heavy atom. The number of nitrogens with one attached hydrogen (secondary N) is 1. The monoisotopic (exact) mass is 296 g/mol. The van der Waals surface area contributed by atoms with E-state index in [2.05, 4.69) is 44.5 Å². The summed E-state index contributed by atoms with van der Waals surface area (Å²) in [5.74, 6) is 0.705. The van der Waals surface area contributed by atoms with Crippen LogP contribution < -0.4 is 10.2 Å². The first-order chi connectivity index (χ1) is 10.6. The summed E-state index contributed by atoms with van der Waals surface area (Å²) in [4.78, 5) is 22.6. The van der Waals surface area contributed by atoms with Crippen LogP contribution >= 0.6 is 0 Å². The molecule has 0 aliphatic carbocycles. The Labute approximate surface area is 130 Å². The van der Waals surface area contributed by atoms with E-state index in [0.29, 0.717) is 11.5 Å². The second kappa shape index (κ2) is 6.23. The van der Waals surface area contributed by atoms with E-state index in [9.17, 15) is 4.79 Å². The van der Waals surface area contributed by atoms with Crippen LogP contribution in [0.1, 0.15) is 34.6 Å². The van der Waals surface area contributed by atoms with Crippen LogP contribution in [0.15, 0.2) is 36.5 Å². The van der Waals surface area contributed by atoms with E-state index in [-0.39, 0.29) is 11.8 Å². The van der Waals surface area contributed by atoms with Crippen molar-refractivity contribution in [2.24, 2.45) is 0 Å². The Morgan fingerprint density at radius 2 is 2.09 bits per heavy atom. The van der Waals surface area contributed by atoms with Crippen LogP contribution in [0.5, 0.6) is 0 Å². The van der Waals surface area contributed by atoms with E-state index >= 15 is 0 Å². The van der Waals surface area contributed by atoms with Gasteiger partial charge in [0.05, 0.1) is 11.3 Å².